The van der Waals surface area contributed by atoms with Crippen LogP contribution in [-0.2, 0) is 7.05 Å². The van der Waals surface area contributed by atoms with Crippen molar-refractivity contribution < 1.29 is 9.84 Å². The molecule has 0 unspecified atom stereocenters. The number of benzene rings is 1. The van der Waals surface area contributed by atoms with Gasteiger partial charge >= 0.3 is 0 Å². The van der Waals surface area contributed by atoms with Gasteiger partial charge in [-0.3, -0.25) is 4.79 Å². The van der Waals surface area contributed by atoms with Crippen LogP contribution in [0.25, 0.3) is 22.4 Å². The number of aliphatic hydroxyl groups excluding tert-OH is 1. The zero-order valence-corrected chi connectivity index (χ0v) is 20.0. The Balaban J connectivity index is 0.00000259. The number of halogens is 1. The summed E-state index contributed by atoms with van der Waals surface area (Å²) in [4.78, 5) is 23.2. The molecule has 0 radical (unpaired) electrons. The molecule has 1 saturated heterocycles. The molecule has 0 bridgehead atoms. The Bertz CT molecular complexity index is 1180. The van der Waals surface area contributed by atoms with E-state index in [2.05, 4.69) is 9.88 Å². The highest BCUT2D eigenvalue weighted by Gasteiger charge is 2.25. The molecule has 0 atom stereocenters. The number of aliphatic hydroxyl groups is 1. The SMILES string of the molecule is COc1cc(N2CCC(O)CC2)ccc1-c1nc2c(c(C3CCCCC3)nn2C)c(=O)[nH]1.Cl. The molecule has 3 heterocycles. The van der Waals surface area contributed by atoms with Crippen molar-refractivity contribution in [3.8, 4) is 17.1 Å². The lowest BCUT2D eigenvalue weighted by molar-refractivity contribution is 0.145. The molecule has 178 valence electrons. The Morgan fingerprint density at radius 1 is 1.12 bits per heavy atom. The van der Waals surface area contributed by atoms with Crippen LogP contribution in [-0.4, -0.2) is 51.2 Å². The third kappa shape index (κ3) is 4.46. The van der Waals surface area contributed by atoms with Gasteiger partial charge in [-0.1, -0.05) is 19.3 Å². The highest BCUT2D eigenvalue weighted by molar-refractivity contribution is 5.85. The van der Waals surface area contributed by atoms with Crippen molar-refractivity contribution in [2.24, 2.45) is 7.05 Å². The van der Waals surface area contributed by atoms with E-state index in [0.29, 0.717) is 28.5 Å². The van der Waals surface area contributed by atoms with Crippen molar-refractivity contribution >= 4 is 29.1 Å². The summed E-state index contributed by atoms with van der Waals surface area (Å²) >= 11 is 0. The van der Waals surface area contributed by atoms with Crippen LogP contribution in [0.15, 0.2) is 23.0 Å². The lowest BCUT2D eigenvalue weighted by Gasteiger charge is -2.31. The number of methoxy groups -OCH3 is 1. The first-order valence-corrected chi connectivity index (χ1v) is 11.6. The Kier molecular flexibility index (Phi) is 6.95. The summed E-state index contributed by atoms with van der Waals surface area (Å²) in [7, 11) is 3.49. The average Bonchev–Trinajstić information content (AvgIpc) is 3.16. The third-order valence-corrected chi connectivity index (χ3v) is 6.98. The van der Waals surface area contributed by atoms with E-state index in [1.165, 1.54) is 19.3 Å². The fourth-order valence-corrected chi connectivity index (χ4v) is 5.17. The van der Waals surface area contributed by atoms with E-state index in [1.807, 2.05) is 25.2 Å². The molecule has 1 aliphatic carbocycles. The maximum atomic E-state index is 13.2. The lowest BCUT2D eigenvalue weighted by Crippen LogP contribution is -2.35. The zero-order chi connectivity index (χ0) is 22.2. The molecule has 2 aliphatic rings. The highest BCUT2D eigenvalue weighted by atomic mass is 35.5. The Morgan fingerprint density at radius 2 is 1.85 bits per heavy atom. The van der Waals surface area contributed by atoms with E-state index < -0.39 is 0 Å². The summed E-state index contributed by atoms with van der Waals surface area (Å²) in [5.41, 5.74) is 3.14. The van der Waals surface area contributed by atoms with Crippen molar-refractivity contribution in [1.82, 2.24) is 19.7 Å². The molecule has 2 aromatic heterocycles. The van der Waals surface area contributed by atoms with Gasteiger partial charge in [-0.25, -0.2) is 9.67 Å². The summed E-state index contributed by atoms with van der Waals surface area (Å²) in [5, 5.41) is 15.1. The number of nitrogens with one attached hydrogen (secondary N) is 1. The van der Waals surface area contributed by atoms with Crippen LogP contribution in [0.2, 0.25) is 0 Å². The minimum Gasteiger partial charge on any atom is -0.496 e. The van der Waals surface area contributed by atoms with Gasteiger partial charge in [-0.15, -0.1) is 12.4 Å². The largest absolute Gasteiger partial charge is 0.496 e. The van der Waals surface area contributed by atoms with E-state index in [-0.39, 0.29) is 24.1 Å². The van der Waals surface area contributed by atoms with Gasteiger partial charge < -0.3 is 19.7 Å². The quantitative estimate of drug-likeness (QED) is 0.598. The number of piperidine rings is 1. The smallest absolute Gasteiger partial charge is 0.262 e. The van der Waals surface area contributed by atoms with Crippen molar-refractivity contribution in [1.29, 1.82) is 0 Å². The summed E-state index contributed by atoms with van der Waals surface area (Å²) in [6.07, 6.45) is 7.10. The first-order valence-electron chi connectivity index (χ1n) is 11.6. The topological polar surface area (TPSA) is 96.3 Å². The number of hydrogen-bond donors (Lipinski definition) is 2. The molecular formula is C24H32ClN5O3. The summed E-state index contributed by atoms with van der Waals surface area (Å²) in [5.74, 6) is 1.47. The number of nitrogens with zero attached hydrogens (tertiary/aromatic N) is 4. The van der Waals surface area contributed by atoms with Crippen LogP contribution in [0.3, 0.4) is 0 Å². The summed E-state index contributed by atoms with van der Waals surface area (Å²) < 4.78 is 7.41. The van der Waals surface area contributed by atoms with Crippen LogP contribution < -0.4 is 15.2 Å². The molecule has 1 aromatic carbocycles. The third-order valence-electron chi connectivity index (χ3n) is 6.98. The number of aromatic nitrogens is 4. The van der Waals surface area contributed by atoms with Gasteiger partial charge in [-0.2, -0.15) is 5.10 Å². The van der Waals surface area contributed by atoms with Crippen LogP contribution in [0, 0.1) is 0 Å². The molecule has 1 saturated carbocycles. The van der Waals surface area contributed by atoms with Crippen LogP contribution in [0.4, 0.5) is 5.69 Å². The highest BCUT2D eigenvalue weighted by Crippen LogP contribution is 2.36. The van der Waals surface area contributed by atoms with Gasteiger partial charge in [0, 0.05) is 37.8 Å². The zero-order valence-electron chi connectivity index (χ0n) is 19.2. The minimum atomic E-state index is -0.217. The number of H-pyrrole nitrogens is 1. The standard InChI is InChI=1S/C24H31N5O3.ClH/c1-28-23-20(21(27-28)15-6-4-3-5-7-15)24(31)26-22(25-23)18-9-8-16(14-19(18)32-2)29-12-10-17(30)11-13-29;/h8-9,14-15,17,30H,3-7,10-13H2,1-2H3,(H,25,26,31);1H. The molecule has 2 N–H and O–H groups in total. The normalized spacial score (nSPS) is 17.8. The van der Waals surface area contributed by atoms with E-state index in [1.54, 1.807) is 11.8 Å². The summed E-state index contributed by atoms with van der Waals surface area (Å²) in [6, 6.07) is 5.95. The molecule has 2 fully saturated rings. The van der Waals surface area contributed by atoms with E-state index in [4.69, 9.17) is 14.8 Å². The number of aryl methyl sites for hydroxylation is 1. The molecule has 0 spiro atoms. The van der Waals surface area contributed by atoms with Crippen LogP contribution in [0.5, 0.6) is 5.75 Å². The van der Waals surface area contributed by atoms with Gasteiger partial charge in [-0.05, 0) is 37.8 Å². The number of rotatable bonds is 4. The Morgan fingerprint density at radius 3 is 2.55 bits per heavy atom. The Labute approximate surface area is 199 Å². The van der Waals surface area contributed by atoms with Crippen LogP contribution in [0.1, 0.15) is 56.6 Å². The molecule has 33 heavy (non-hydrogen) atoms. The number of fused-ring (bicyclic) bond motifs is 1. The van der Waals surface area contributed by atoms with Gasteiger partial charge in [0.1, 0.15) is 17.0 Å². The number of aromatic amines is 1. The van der Waals surface area contributed by atoms with Crippen LogP contribution >= 0.6 is 12.4 Å². The second-order valence-electron chi connectivity index (χ2n) is 9.06. The van der Waals surface area contributed by atoms with Crippen molar-refractivity contribution in [3.05, 3.63) is 34.2 Å². The first kappa shape index (κ1) is 23.6. The van der Waals surface area contributed by atoms with Gasteiger partial charge in [0.15, 0.2) is 5.65 Å². The molecule has 9 heteroatoms. The molecule has 5 rings (SSSR count). The molecule has 1 aliphatic heterocycles. The van der Waals surface area contributed by atoms with Gasteiger partial charge in [0.25, 0.3) is 5.56 Å². The maximum absolute atomic E-state index is 13.2. The van der Waals surface area contributed by atoms with Gasteiger partial charge in [0.05, 0.1) is 24.5 Å². The van der Waals surface area contributed by atoms with E-state index in [0.717, 1.165) is 55.7 Å². The van der Waals surface area contributed by atoms with Crippen molar-refractivity contribution in [2.75, 3.05) is 25.1 Å². The predicted octanol–water partition coefficient (Wildman–Crippen LogP) is 3.76. The molecule has 0 amide bonds. The molecule has 3 aromatic rings. The molecular weight excluding hydrogens is 442 g/mol. The Hall–Kier alpha value is -2.58. The minimum absolute atomic E-state index is 0. The number of hydrogen-bond acceptors (Lipinski definition) is 6. The number of anilines is 1. The fraction of sp³-hybridized carbons (Fsp3) is 0.542. The average molecular weight is 474 g/mol. The molecule has 8 nitrogen and oxygen atoms in total. The van der Waals surface area contributed by atoms with Crippen molar-refractivity contribution in [2.45, 2.75) is 57.0 Å². The summed E-state index contributed by atoms with van der Waals surface area (Å²) in [6.45, 7) is 1.62. The second-order valence-corrected chi connectivity index (χ2v) is 9.06. The van der Waals surface area contributed by atoms with E-state index in [9.17, 15) is 9.90 Å². The predicted molar refractivity (Wildman–Crippen MR) is 132 cm³/mol. The fourth-order valence-electron chi connectivity index (χ4n) is 5.17. The number of ether oxygens (including phenoxy) is 1. The monoisotopic (exact) mass is 473 g/mol. The van der Waals surface area contributed by atoms with E-state index >= 15 is 0 Å². The van der Waals surface area contributed by atoms with Crippen molar-refractivity contribution in [3.63, 3.8) is 0 Å². The lowest BCUT2D eigenvalue weighted by atomic mass is 9.86. The van der Waals surface area contributed by atoms with Gasteiger partial charge in [0.2, 0.25) is 0 Å². The first-order chi connectivity index (χ1) is 15.5. The second kappa shape index (κ2) is 9.73. The maximum Gasteiger partial charge on any atom is 0.262 e.